The van der Waals surface area contributed by atoms with Crippen molar-refractivity contribution in [2.75, 3.05) is 0 Å². The minimum Gasteiger partial charge on any atom is -0.481 e. The van der Waals surface area contributed by atoms with Gasteiger partial charge in [-0.25, -0.2) is 0 Å². The van der Waals surface area contributed by atoms with Crippen LogP contribution >= 0.6 is 0 Å². The summed E-state index contributed by atoms with van der Waals surface area (Å²) in [5.41, 5.74) is 0. The Morgan fingerprint density at radius 2 is 2.14 bits per heavy atom. The molecule has 76 valence electrons. The Balaban J connectivity index is 1.92. The van der Waals surface area contributed by atoms with Gasteiger partial charge in [0.2, 0.25) is 0 Å². The van der Waals surface area contributed by atoms with Crippen molar-refractivity contribution in [1.82, 2.24) is 15.0 Å². The van der Waals surface area contributed by atoms with Gasteiger partial charge in [-0.15, -0.1) is 0 Å². The molecule has 0 amide bonds. The first-order valence-electron chi connectivity index (χ1n) is 4.83. The van der Waals surface area contributed by atoms with Gasteiger partial charge in [-0.3, -0.25) is 4.79 Å². The van der Waals surface area contributed by atoms with Crippen LogP contribution in [0, 0.1) is 5.92 Å². The number of hydrogen-bond acceptors (Lipinski definition) is 3. The molecule has 1 heterocycles. The molecule has 1 saturated carbocycles. The molecule has 0 saturated heterocycles. The maximum Gasteiger partial charge on any atom is 0.303 e. The second-order valence-electron chi connectivity index (χ2n) is 3.78. The molecule has 5 nitrogen and oxygen atoms in total. The summed E-state index contributed by atoms with van der Waals surface area (Å²) in [5, 5.41) is 16.8. The monoisotopic (exact) mass is 195 g/mol. The first kappa shape index (κ1) is 9.18. The standard InChI is InChI=1S/C9H13N3O2/c13-9(14)6-7-1-2-8(5-7)12-10-3-4-11-12/h3-4,7-8H,1-2,5-6H2,(H,13,14). The van der Waals surface area contributed by atoms with E-state index in [2.05, 4.69) is 10.2 Å². The normalized spacial score (nSPS) is 26.6. The van der Waals surface area contributed by atoms with Gasteiger partial charge in [0.25, 0.3) is 0 Å². The number of aliphatic carboxylic acids is 1. The van der Waals surface area contributed by atoms with Gasteiger partial charge >= 0.3 is 5.97 Å². The van der Waals surface area contributed by atoms with Crippen LogP contribution in [-0.4, -0.2) is 26.1 Å². The predicted molar refractivity (Wildman–Crippen MR) is 48.7 cm³/mol. The lowest BCUT2D eigenvalue weighted by atomic mass is 10.0. The molecule has 1 fully saturated rings. The van der Waals surface area contributed by atoms with Crippen LogP contribution in [0.15, 0.2) is 12.4 Å². The number of carboxylic acids is 1. The lowest BCUT2D eigenvalue weighted by Gasteiger charge is -2.08. The SMILES string of the molecule is O=C(O)CC1CCC(n2nccn2)C1. The van der Waals surface area contributed by atoms with Crippen molar-refractivity contribution in [3.05, 3.63) is 12.4 Å². The van der Waals surface area contributed by atoms with Gasteiger partial charge in [-0.2, -0.15) is 15.0 Å². The molecule has 1 aliphatic rings. The summed E-state index contributed by atoms with van der Waals surface area (Å²) in [4.78, 5) is 12.2. The summed E-state index contributed by atoms with van der Waals surface area (Å²) in [6.07, 6.45) is 6.44. The molecule has 14 heavy (non-hydrogen) atoms. The number of aromatic nitrogens is 3. The molecule has 1 N–H and O–H groups in total. The second-order valence-corrected chi connectivity index (χ2v) is 3.78. The zero-order chi connectivity index (χ0) is 9.97. The summed E-state index contributed by atoms with van der Waals surface area (Å²) in [6, 6.07) is 0.300. The topological polar surface area (TPSA) is 68.0 Å². The van der Waals surface area contributed by atoms with Crippen LogP contribution in [-0.2, 0) is 4.79 Å². The summed E-state index contributed by atoms with van der Waals surface area (Å²) >= 11 is 0. The van der Waals surface area contributed by atoms with E-state index in [0.717, 1.165) is 19.3 Å². The van der Waals surface area contributed by atoms with Crippen molar-refractivity contribution in [3.63, 3.8) is 0 Å². The van der Waals surface area contributed by atoms with Gasteiger partial charge in [0.05, 0.1) is 18.4 Å². The van der Waals surface area contributed by atoms with Crippen LogP contribution in [0.2, 0.25) is 0 Å². The second kappa shape index (κ2) is 3.77. The fraction of sp³-hybridized carbons (Fsp3) is 0.667. The average molecular weight is 195 g/mol. The van der Waals surface area contributed by atoms with Crippen LogP contribution in [0.3, 0.4) is 0 Å². The Kier molecular flexibility index (Phi) is 2.47. The minimum absolute atomic E-state index is 0.276. The van der Waals surface area contributed by atoms with E-state index in [1.807, 2.05) is 0 Å². The van der Waals surface area contributed by atoms with E-state index in [1.54, 1.807) is 17.2 Å². The summed E-state index contributed by atoms with van der Waals surface area (Å²) in [5.74, 6) is -0.410. The van der Waals surface area contributed by atoms with Gasteiger partial charge in [-0.05, 0) is 25.2 Å². The molecule has 2 rings (SSSR count). The van der Waals surface area contributed by atoms with E-state index >= 15 is 0 Å². The smallest absolute Gasteiger partial charge is 0.303 e. The number of carboxylic acid groups (broad SMARTS) is 1. The van der Waals surface area contributed by atoms with Crippen molar-refractivity contribution < 1.29 is 9.90 Å². The number of hydrogen-bond donors (Lipinski definition) is 1. The van der Waals surface area contributed by atoms with E-state index in [9.17, 15) is 4.79 Å². The van der Waals surface area contributed by atoms with Gasteiger partial charge in [0.1, 0.15) is 0 Å². The molecule has 5 heteroatoms. The Bertz CT molecular complexity index is 310. The third-order valence-electron chi connectivity index (χ3n) is 2.74. The van der Waals surface area contributed by atoms with Crippen LogP contribution < -0.4 is 0 Å². The van der Waals surface area contributed by atoms with Crippen LogP contribution in [0.5, 0.6) is 0 Å². The number of nitrogens with zero attached hydrogens (tertiary/aromatic N) is 3. The quantitative estimate of drug-likeness (QED) is 0.784. The number of carbonyl (C=O) groups is 1. The van der Waals surface area contributed by atoms with Gasteiger partial charge in [0.15, 0.2) is 0 Å². The molecule has 0 radical (unpaired) electrons. The van der Waals surface area contributed by atoms with Crippen LogP contribution in [0.4, 0.5) is 0 Å². The maximum absolute atomic E-state index is 10.5. The summed E-state index contributed by atoms with van der Waals surface area (Å²) < 4.78 is 0. The number of rotatable bonds is 3. The van der Waals surface area contributed by atoms with Crippen molar-refractivity contribution in [2.45, 2.75) is 31.7 Å². The minimum atomic E-state index is -0.705. The van der Waals surface area contributed by atoms with E-state index < -0.39 is 5.97 Å². The molecule has 1 aromatic rings. The van der Waals surface area contributed by atoms with Gasteiger partial charge in [0, 0.05) is 6.42 Å². The van der Waals surface area contributed by atoms with Crippen molar-refractivity contribution in [3.8, 4) is 0 Å². The fourth-order valence-corrected chi connectivity index (χ4v) is 2.11. The van der Waals surface area contributed by atoms with E-state index in [-0.39, 0.29) is 6.42 Å². The molecule has 0 aromatic carbocycles. The van der Waals surface area contributed by atoms with Crippen molar-refractivity contribution in [2.24, 2.45) is 5.92 Å². The zero-order valence-electron chi connectivity index (χ0n) is 7.83. The highest BCUT2D eigenvalue weighted by atomic mass is 16.4. The largest absolute Gasteiger partial charge is 0.481 e. The van der Waals surface area contributed by atoms with E-state index in [1.165, 1.54) is 0 Å². The average Bonchev–Trinajstić information content (AvgIpc) is 2.69. The highest BCUT2D eigenvalue weighted by Gasteiger charge is 2.28. The fourth-order valence-electron chi connectivity index (χ4n) is 2.11. The Morgan fingerprint density at radius 3 is 2.79 bits per heavy atom. The highest BCUT2D eigenvalue weighted by Crippen LogP contribution is 2.35. The molecule has 0 aliphatic heterocycles. The molecular weight excluding hydrogens is 182 g/mol. The molecule has 0 spiro atoms. The molecule has 1 aliphatic carbocycles. The lowest BCUT2D eigenvalue weighted by molar-refractivity contribution is -0.138. The van der Waals surface area contributed by atoms with Gasteiger partial charge < -0.3 is 5.11 Å². The highest BCUT2D eigenvalue weighted by molar-refractivity contribution is 5.67. The predicted octanol–water partition coefficient (Wildman–Crippen LogP) is 1.09. The van der Waals surface area contributed by atoms with Crippen molar-refractivity contribution >= 4 is 5.97 Å². The Morgan fingerprint density at radius 1 is 1.43 bits per heavy atom. The third kappa shape index (κ3) is 1.92. The molecular formula is C9H13N3O2. The molecule has 2 atom stereocenters. The Labute approximate surface area is 81.7 Å². The van der Waals surface area contributed by atoms with Crippen molar-refractivity contribution in [1.29, 1.82) is 0 Å². The third-order valence-corrected chi connectivity index (χ3v) is 2.74. The molecule has 0 bridgehead atoms. The van der Waals surface area contributed by atoms with Gasteiger partial charge in [-0.1, -0.05) is 0 Å². The summed E-state index contributed by atoms with van der Waals surface area (Å²) in [7, 11) is 0. The first-order chi connectivity index (χ1) is 6.75. The molecule has 2 unspecified atom stereocenters. The maximum atomic E-state index is 10.5. The first-order valence-corrected chi connectivity index (χ1v) is 4.83. The van der Waals surface area contributed by atoms with E-state index in [4.69, 9.17) is 5.11 Å². The summed E-state index contributed by atoms with van der Waals surface area (Å²) in [6.45, 7) is 0. The lowest BCUT2D eigenvalue weighted by Crippen LogP contribution is -2.10. The molecule has 1 aromatic heterocycles. The Hall–Kier alpha value is -1.39. The van der Waals surface area contributed by atoms with E-state index in [0.29, 0.717) is 12.0 Å². The zero-order valence-corrected chi connectivity index (χ0v) is 7.83. The van der Waals surface area contributed by atoms with Crippen LogP contribution in [0.25, 0.3) is 0 Å². The van der Waals surface area contributed by atoms with Crippen LogP contribution in [0.1, 0.15) is 31.7 Å².